The van der Waals surface area contributed by atoms with E-state index in [9.17, 15) is 4.79 Å². The fourth-order valence-corrected chi connectivity index (χ4v) is 8.39. The molecule has 1 atom stereocenters. The largest absolute Gasteiger partial charge is 0.360 e. The number of nitrogens with one attached hydrogen (secondary N) is 1. The van der Waals surface area contributed by atoms with Crippen LogP contribution >= 0.6 is 20.1 Å². The van der Waals surface area contributed by atoms with E-state index in [0.29, 0.717) is 60.3 Å². The van der Waals surface area contributed by atoms with Gasteiger partial charge in [0.05, 0.1) is 18.9 Å². The summed E-state index contributed by atoms with van der Waals surface area (Å²) in [6, 6.07) is 5.37. The summed E-state index contributed by atoms with van der Waals surface area (Å²) in [6.07, 6.45) is 19.7. The molecule has 12 nitrogen and oxygen atoms in total. The summed E-state index contributed by atoms with van der Waals surface area (Å²) in [4.78, 5) is 18.9. The summed E-state index contributed by atoms with van der Waals surface area (Å²) in [5, 5.41) is 21.7. The summed E-state index contributed by atoms with van der Waals surface area (Å²) in [7, 11) is -1.42. The number of pyridine rings is 1. The van der Waals surface area contributed by atoms with Crippen LogP contribution in [0.15, 0.2) is 24.4 Å². The summed E-state index contributed by atoms with van der Waals surface area (Å²) in [5.41, 5.74) is 3.31. The molecule has 4 heterocycles. The van der Waals surface area contributed by atoms with E-state index in [0.717, 1.165) is 48.6 Å². The van der Waals surface area contributed by atoms with Crippen LogP contribution in [0.5, 0.6) is 0 Å². The van der Waals surface area contributed by atoms with Gasteiger partial charge in [0.2, 0.25) is 11.9 Å². The van der Waals surface area contributed by atoms with Crippen molar-refractivity contribution in [1.29, 1.82) is 0 Å². The fraction of sp³-hybridized carbons (Fsp3) is 0.641. The van der Waals surface area contributed by atoms with E-state index < -0.39 is 31.9 Å². The van der Waals surface area contributed by atoms with Crippen LogP contribution in [0.25, 0.3) is 22.6 Å². The predicted molar refractivity (Wildman–Crippen MR) is 219 cm³/mol. The second kappa shape index (κ2) is 16.4. The van der Waals surface area contributed by atoms with Crippen molar-refractivity contribution in [2.45, 2.75) is 78.8 Å². The van der Waals surface area contributed by atoms with Crippen molar-refractivity contribution < 1.29 is 18.7 Å². The van der Waals surface area contributed by atoms with Gasteiger partial charge in [-0.3, -0.25) is 14.0 Å². The summed E-state index contributed by atoms with van der Waals surface area (Å²) >= 11 is 0. The lowest BCUT2D eigenvalue weighted by atomic mass is 9.82. The van der Waals surface area contributed by atoms with Crippen molar-refractivity contribution in [2.24, 2.45) is 17.8 Å². The van der Waals surface area contributed by atoms with Gasteiger partial charge in [0.25, 0.3) is 0 Å². The maximum Gasteiger partial charge on any atom is 0.236 e. The van der Waals surface area contributed by atoms with Gasteiger partial charge in [-0.1, -0.05) is 0 Å². The number of hydrogen-bond donors (Lipinski definition) is 1. The van der Waals surface area contributed by atoms with Crippen molar-refractivity contribution in [3.63, 3.8) is 0 Å². The molecule has 1 unspecified atom stereocenters. The van der Waals surface area contributed by atoms with E-state index in [-0.39, 0.29) is 30.4 Å². The molecule has 0 aromatic carbocycles. The molecule has 0 radical (unpaired) electrons. The molecule has 0 saturated heterocycles. The lowest BCUT2D eigenvalue weighted by Crippen LogP contribution is -2.33. The number of nitrogens with zero attached hydrogens (tertiary/aromatic N) is 8. The molecule has 1 N–H and O–H groups in total. The van der Waals surface area contributed by atoms with Gasteiger partial charge in [-0.15, -0.1) is 10.2 Å². The van der Waals surface area contributed by atoms with Crippen LogP contribution in [0.3, 0.4) is 0 Å². The molecule has 54 heavy (non-hydrogen) atoms. The van der Waals surface area contributed by atoms with Crippen LogP contribution in [-0.4, -0.2) is 107 Å². The molecule has 0 aliphatic heterocycles. The molecular weight excluding hydrogens is 726 g/mol. The molecule has 4 aromatic heterocycles. The van der Waals surface area contributed by atoms with Gasteiger partial charge in [0.1, 0.15) is 36.7 Å². The Morgan fingerprint density at radius 3 is 2.13 bits per heavy atom. The molecule has 2 aliphatic carbocycles. The van der Waals surface area contributed by atoms with Crippen LogP contribution in [-0.2, 0) is 27.7 Å². The average molecular weight is 786 g/mol. The average Bonchev–Trinajstić information content (AvgIpc) is 3.99. The number of amides is 1. The maximum absolute atomic E-state index is 16.0. The molecule has 1 amide bonds. The molecule has 298 valence electrons. The molecule has 6 rings (SSSR count). The Hall–Kier alpha value is -3.27. The van der Waals surface area contributed by atoms with Crippen LogP contribution in [0, 0.1) is 37.5 Å². The number of carbonyl (C=O) groups excluding carboxylic acids is 1. The van der Waals surface area contributed by atoms with Crippen molar-refractivity contribution in [3.05, 3.63) is 47.6 Å². The second-order valence-electron chi connectivity index (χ2n) is 17.0. The molecule has 0 spiro atoms. The standard InChI is InChI=1S/C39H60FN9O3S2/c1-25(2)49-31(17-18-41-49)37-44-45-38(47(37)23-51-19-21-53(5,6)7)35(34(28-11-12-28)29-13-14-29)39(50)43-32-16-15-30(36(40)42-32)33-26(3)46-48(27(33)4)24-52-20-22-54(8,9)10/h15-18,25,28-29,34-35H,11-14,19-24H2,1-10H3,(H,42,43,50). The Balaban J connectivity index is 1.29. The molecule has 2 aliphatic rings. The number of carbonyl (C=O) groups is 1. The lowest BCUT2D eigenvalue weighted by molar-refractivity contribution is -0.119. The van der Waals surface area contributed by atoms with Crippen molar-refractivity contribution in [1.82, 2.24) is 39.3 Å². The molecule has 2 saturated carbocycles. The Bertz CT molecular complexity index is 1910. The number of anilines is 1. The van der Waals surface area contributed by atoms with Gasteiger partial charge in [-0.25, -0.2) is 29.7 Å². The zero-order valence-electron chi connectivity index (χ0n) is 33.8. The number of aromatic nitrogens is 8. The molecule has 0 bridgehead atoms. The van der Waals surface area contributed by atoms with Gasteiger partial charge < -0.3 is 14.8 Å². The van der Waals surface area contributed by atoms with E-state index in [1.54, 1.807) is 23.0 Å². The molecule has 2 fully saturated rings. The fourth-order valence-electron chi connectivity index (χ4n) is 7.15. The minimum Gasteiger partial charge on any atom is -0.360 e. The van der Waals surface area contributed by atoms with Gasteiger partial charge in [0, 0.05) is 40.6 Å². The topological polar surface area (TPSA) is 127 Å². The molecular formula is C39H60FN9O3S2. The highest BCUT2D eigenvalue weighted by Crippen LogP contribution is 2.55. The van der Waals surface area contributed by atoms with E-state index in [1.165, 1.54) is 0 Å². The first-order valence-electron chi connectivity index (χ1n) is 19.0. The zero-order chi connectivity index (χ0) is 38.9. The third-order valence-electron chi connectivity index (χ3n) is 10.3. The van der Waals surface area contributed by atoms with Crippen molar-refractivity contribution in [2.75, 3.05) is 67.6 Å². The Morgan fingerprint density at radius 2 is 1.56 bits per heavy atom. The monoisotopic (exact) mass is 785 g/mol. The third kappa shape index (κ3) is 9.75. The minimum atomic E-state index is -0.759. The van der Waals surface area contributed by atoms with E-state index >= 15 is 4.39 Å². The van der Waals surface area contributed by atoms with Crippen molar-refractivity contribution >= 4 is 31.8 Å². The second-order valence-corrected chi connectivity index (χ2v) is 26.2. The summed E-state index contributed by atoms with van der Waals surface area (Å²) in [5.74, 6) is 2.66. The number of hydrogen-bond acceptors (Lipinski definition) is 8. The Kier molecular flexibility index (Phi) is 12.3. The first-order valence-corrected chi connectivity index (χ1v) is 25.0. The SMILES string of the molecule is Cc1nn(COCCS(C)(C)C)c(C)c1-c1ccc(NC(=O)C(c2nnc(-c3ccnn3C(C)C)n2COCCS(C)(C)C)C(C2CC2)C2CC2)nc1F. The van der Waals surface area contributed by atoms with Crippen LogP contribution < -0.4 is 5.32 Å². The number of halogens is 1. The number of rotatable bonds is 19. The van der Waals surface area contributed by atoms with Crippen LogP contribution in [0.4, 0.5) is 10.2 Å². The Labute approximate surface area is 323 Å². The first-order chi connectivity index (χ1) is 25.5. The van der Waals surface area contributed by atoms with Gasteiger partial charge in [-0.2, -0.15) is 14.6 Å². The first kappa shape index (κ1) is 40.4. The maximum atomic E-state index is 16.0. The molecule has 4 aromatic rings. The summed E-state index contributed by atoms with van der Waals surface area (Å²) in [6.45, 7) is 9.65. The third-order valence-corrected chi connectivity index (χ3v) is 13.1. The quantitative estimate of drug-likeness (QED) is 0.0780. The van der Waals surface area contributed by atoms with Crippen LogP contribution in [0.1, 0.15) is 68.7 Å². The minimum absolute atomic E-state index is 0.0853. The lowest BCUT2D eigenvalue weighted by Gasteiger charge is -2.27. The zero-order valence-corrected chi connectivity index (χ0v) is 35.4. The Morgan fingerprint density at radius 1 is 0.926 bits per heavy atom. The predicted octanol–water partition coefficient (Wildman–Crippen LogP) is 7.23. The number of ether oxygens (including phenoxy) is 2. The van der Waals surface area contributed by atoms with Gasteiger partial charge in [-0.05, 0) is 127 Å². The molecule has 15 heteroatoms. The van der Waals surface area contributed by atoms with E-state index in [4.69, 9.17) is 19.7 Å². The highest BCUT2D eigenvalue weighted by molar-refractivity contribution is 8.32. The van der Waals surface area contributed by atoms with E-state index in [1.807, 2.05) is 29.2 Å². The summed E-state index contributed by atoms with van der Waals surface area (Å²) < 4.78 is 33.8. The number of aryl methyl sites for hydroxylation is 1. The normalized spacial score (nSPS) is 16.4. The van der Waals surface area contributed by atoms with Crippen molar-refractivity contribution in [3.8, 4) is 22.6 Å². The van der Waals surface area contributed by atoms with Crippen LogP contribution in [0.2, 0.25) is 0 Å². The van der Waals surface area contributed by atoms with E-state index in [2.05, 4.69) is 71.9 Å². The highest BCUT2D eigenvalue weighted by atomic mass is 32.3. The van der Waals surface area contributed by atoms with Gasteiger partial charge >= 0.3 is 0 Å². The van der Waals surface area contributed by atoms with Gasteiger partial charge in [0.15, 0.2) is 5.82 Å². The highest BCUT2D eigenvalue weighted by Gasteiger charge is 2.50. The smallest absolute Gasteiger partial charge is 0.236 e.